The van der Waals surface area contributed by atoms with E-state index < -0.39 is 18.5 Å². The number of aliphatic hydroxyl groups excluding tert-OH is 1. The molecule has 1 saturated heterocycles. The lowest BCUT2D eigenvalue weighted by atomic mass is 10.1. The van der Waals surface area contributed by atoms with Crippen LogP contribution >= 0.6 is 0 Å². The average molecular weight is 489 g/mol. The Labute approximate surface area is 200 Å². The van der Waals surface area contributed by atoms with Crippen LogP contribution in [-0.4, -0.2) is 76.4 Å². The van der Waals surface area contributed by atoms with Crippen LogP contribution in [0.4, 0.5) is 8.78 Å². The van der Waals surface area contributed by atoms with Crippen molar-refractivity contribution in [3.05, 3.63) is 53.7 Å². The van der Waals surface area contributed by atoms with Gasteiger partial charge in [-0.25, -0.2) is 4.98 Å². The minimum Gasteiger partial charge on any atom is -0.472 e. The van der Waals surface area contributed by atoms with Crippen molar-refractivity contribution in [3.63, 3.8) is 0 Å². The Kier molecular flexibility index (Phi) is 6.88. The van der Waals surface area contributed by atoms with Crippen molar-refractivity contribution >= 4 is 17.9 Å². The Morgan fingerprint density at radius 3 is 2.49 bits per heavy atom. The van der Waals surface area contributed by atoms with Gasteiger partial charge in [-0.1, -0.05) is 6.07 Å². The van der Waals surface area contributed by atoms with Gasteiger partial charge in [0.2, 0.25) is 11.8 Å². The summed E-state index contributed by atoms with van der Waals surface area (Å²) in [5, 5.41) is 9.59. The second-order valence-electron chi connectivity index (χ2n) is 8.27. The number of aromatic nitrogens is 1. The number of nitrogens with zero attached hydrogens (tertiary/aromatic N) is 3. The zero-order valence-electron chi connectivity index (χ0n) is 19.2. The van der Waals surface area contributed by atoms with Crippen molar-refractivity contribution in [2.75, 3.05) is 26.2 Å². The van der Waals surface area contributed by atoms with E-state index >= 15 is 0 Å². The number of halogens is 2. The molecule has 0 radical (unpaired) electrons. The number of benzene rings is 1. The number of carbonyl (C=O) groups excluding carboxylic acids is 2. The predicted octanol–water partition coefficient (Wildman–Crippen LogP) is 2.55. The normalized spacial score (nSPS) is 18.4. The topological polar surface area (TPSA) is 101 Å². The van der Waals surface area contributed by atoms with E-state index in [2.05, 4.69) is 14.5 Å². The monoisotopic (exact) mass is 489 g/mol. The highest BCUT2D eigenvalue weighted by Crippen LogP contribution is 2.41. The van der Waals surface area contributed by atoms with Crippen LogP contribution in [0.2, 0.25) is 0 Å². The Hall–Kier alpha value is -3.73. The van der Waals surface area contributed by atoms with Crippen LogP contribution in [0.3, 0.4) is 0 Å². The number of ether oxygens (including phenoxy) is 3. The fourth-order valence-corrected chi connectivity index (χ4v) is 3.55. The molecule has 1 aromatic carbocycles. The van der Waals surface area contributed by atoms with Crippen LogP contribution in [0.15, 0.2) is 42.6 Å². The van der Waals surface area contributed by atoms with Gasteiger partial charge in [0.05, 0.1) is 6.10 Å². The SMILES string of the molecule is CC(O)[C@H](C)Oc1cc(C(=O)N2CCN(C(=O)/C=C/c3ccc4c(c3)OC(F)(F)O4)CC2)ccn1. The van der Waals surface area contributed by atoms with Gasteiger partial charge in [0.15, 0.2) is 11.5 Å². The summed E-state index contributed by atoms with van der Waals surface area (Å²) in [7, 11) is 0. The lowest BCUT2D eigenvalue weighted by molar-refractivity contribution is -0.286. The van der Waals surface area contributed by atoms with Crippen molar-refractivity contribution in [2.24, 2.45) is 0 Å². The van der Waals surface area contributed by atoms with E-state index in [1.165, 1.54) is 36.5 Å². The third-order valence-electron chi connectivity index (χ3n) is 5.69. The van der Waals surface area contributed by atoms with Crippen molar-refractivity contribution in [3.8, 4) is 17.4 Å². The molecule has 186 valence electrons. The zero-order valence-corrected chi connectivity index (χ0v) is 19.2. The van der Waals surface area contributed by atoms with E-state index in [1.807, 2.05) is 0 Å². The summed E-state index contributed by atoms with van der Waals surface area (Å²) < 4.78 is 40.6. The maximum absolute atomic E-state index is 13.2. The van der Waals surface area contributed by atoms with Crippen LogP contribution in [0.5, 0.6) is 17.4 Å². The maximum atomic E-state index is 13.2. The highest BCUT2D eigenvalue weighted by Gasteiger charge is 2.43. The van der Waals surface area contributed by atoms with Gasteiger partial charge in [-0.05, 0) is 43.7 Å². The Balaban J connectivity index is 1.31. The standard InChI is InChI=1S/C24H25F2N3O6/c1-15(30)16(2)33-21-14-18(7-8-27-21)23(32)29-11-9-28(10-12-29)22(31)6-4-17-3-5-19-20(13-17)35-24(25,26)34-19/h3-8,13-16,30H,9-12H2,1-2H3/b6-4+/t15?,16-/m0/s1. The first-order valence-electron chi connectivity index (χ1n) is 11.1. The Morgan fingerprint density at radius 2 is 1.77 bits per heavy atom. The Bertz CT molecular complexity index is 1130. The number of amides is 2. The molecule has 0 saturated carbocycles. The summed E-state index contributed by atoms with van der Waals surface area (Å²) >= 11 is 0. The molecule has 0 bridgehead atoms. The molecule has 35 heavy (non-hydrogen) atoms. The van der Waals surface area contributed by atoms with Gasteiger partial charge in [-0.3, -0.25) is 9.59 Å². The average Bonchev–Trinajstić information content (AvgIpc) is 3.15. The molecule has 0 spiro atoms. The fraction of sp³-hybridized carbons (Fsp3) is 0.375. The van der Waals surface area contributed by atoms with Gasteiger partial charge in [-0.2, -0.15) is 0 Å². The van der Waals surface area contributed by atoms with Gasteiger partial charge in [0.25, 0.3) is 5.91 Å². The molecule has 4 rings (SSSR count). The van der Waals surface area contributed by atoms with Crippen LogP contribution in [0.1, 0.15) is 29.8 Å². The number of alkyl halides is 2. The minimum atomic E-state index is -3.70. The zero-order chi connectivity index (χ0) is 25.2. The summed E-state index contributed by atoms with van der Waals surface area (Å²) in [5.41, 5.74) is 0.911. The van der Waals surface area contributed by atoms with Gasteiger partial charge >= 0.3 is 6.29 Å². The molecule has 1 unspecified atom stereocenters. The van der Waals surface area contributed by atoms with E-state index in [-0.39, 0.29) is 29.2 Å². The first kappa shape index (κ1) is 24.4. The van der Waals surface area contributed by atoms with E-state index in [1.54, 1.807) is 35.8 Å². The lowest BCUT2D eigenvalue weighted by Crippen LogP contribution is -2.50. The smallest absolute Gasteiger partial charge is 0.472 e. The number of hydrogen-bond acceptors (Lipinski definition) is 7. The molecular weight excluding hydrogens is 464 g/mol. The summed E-state index contributed by atoms with van der Waals surface area (Å²) in [5.74, 6) is -0.379. The fourth-order valence-electron chi connectivity index (χ4n) is 3.55. The van der Waals surface area contributed by atoms with E-state index in [9.17, 15) is 23.5 Å². The summed E-state index contributed by atoms with van der Waals surface area (Å²) in [4.78, 5) is 32.8. The predicted molar refractivity (Wildman–Crippen MR) is 120 cm³/mol. The number of aliphatic hydroxyl groups is 1. The molecule has 2 aliphatic rings. The second kappa shape index (κ2) is 9.87. The first-order valence-corrected chi connectivity index (χ1v) is 11.1. The number of piperazine rings is 1. The van der Waals surface area contributed by atoms with E-state index in [4.69, 9.17) is 4.74 Å². The second-order valence-corrected chi connectivity index (χ2v) is 8.27. The van der Waals surface area contributed by atoms with E-state index in [0.29, 0.717) is 37.3 Å². The van der Waals surface area contributed by atoms with Crippen LogP contribution in [0.25, 0.3) is 6.08 Å². The van der Waals surface area contributed by atoms with Gasteiger partial charge in [-0.15, -0.1) is 8.78 Å². The molecule has 1 N–H and O–H groups in total. The minimum absolute atomic E-state index is 0.0652. The quantitative estimate of drug-likeness (QED) is 0.623. The third-order valence-corrected chi connectivity index (χ3v) is 5.69. The number of carbonyl (C=O) groups is 2. The molecule has 2 amide bonds. The van der Waals surface area contributed by atoms with Crippen LogP contribution < -0.4 is 14.2 Å². The third kappa shape index (κ3) is 5.86. The molecule has 1 aromatic heterocycles. The molecule has 9 nitrogen and oxygen atoms in total. The van der Waals surface area contributed by atoms with Gasteiger partial charge in [0.1, 0.15) is 6.10 Å². The number of pyridine rings is 1. The van der Waals surface area contributed by atoms with Crippen LogP contribution in [0, 0.1) is 0 Å². The van der Waals surface area contributed by atoms with Crippen molar-refractivity contribution in [1.82, 2.24) is 14.8 Å². The maximum Gasteiger partial charge on any atom is 0.586 e. The molecule has 1 fully saturated rings. The lowest BCUT2D eigenvalue weighted by Gasteiger charge is -2.34. The summed E-state index contributed by atoms with van der Waals surface area (Å²) in [6.45, 7) is 4.69. The summed E-state index contributed by atoms with van der Waals surface area (Å²) in [6, 6.07) is 7.38. The molecule has 11 heteroatoms. The van der Waals surface area contributed by atoms with Gasteiger partial charge < -0.3 is 29.1 Å². The van der Waals surface area contributed by atoms with Gasteiger partial charge in [0, 0.05) is 50.1 Å². The van der Waals surface area contributed by atoms with Crippen molar-refractivity contribution < 1.29 is 37.7 Å². The highest BCUT2D eigenvalue weighted by atomic mass is 19.3. The number of hydrogen-bond donors (Lipinski definition) is 1. The van der Waals surface area contributed by atoms with Crippen molar-refractivity contribution in [1.29, 1.82) is 0 Å². The first-order chi connectivity index (χ1) is 16.6. The Morgan fingerprint density at radius 1 is 1.09 bits per heavy atom. The molecule has 2 aliphatic heterocycles. The highest BCUT2D eigenvalue weighted by molar-refractivity contribution is 5.95. The molecular formula is C24H25F2N3O6. The van der Waals surface area contributed by atoms with E-state index in [0.717, 1.165) is 0 Å². The molecule has 2 atom stereocenters. The largest absolute Gasteiger partial charge is 0.586 e. The van der Waals surface area contributed by atoms with Crippen LogP contribution in [-0.2, 0) is 4.79 Å². The number of fused-ring (bicyclic) bond motifs is 1. The molecule has 0 aliphatic carbocycles. The number of rotatable bonds is 6. The van der Waals surface area contributed by atoms with Crippen molar-refractivity contribution in [2.45, 2.75) is 32.4 Å². The molecule has 2 aromatic rings. The summed E-state index contributed by atoms with van der Waals surface area (Å²) in [6.07, 6.45) is -0.534. The molecule has 3 heterocycles.